The molecule has 136 valence electrons. The van der Waals surface area contributed by atoms with Gasteiger partial charge < -0.3 is 16.0 Å². The highest BCUT2D eigenvalue weighted by Gasteiger charge is 2.34. The van der Waals surface area contributed by atoms with Gasteiger partial charge in [-0.15, -0.1) is 0 Å². The van der Waals surface area contributed by atoms with E-state index in [1.54, 1.807) is 4.90 Å². The first-order chi connectivity index (χ1) is 11.6. The maximum absolute atomic E-state index is 12.7. The molecule has 0 aliphatic rings. The van der Waals surface area contributed by atoms with Crippen LogP contribution in [0.15, 0.2) is 18.2 Å². The fourth-order valence-corrected chi connectivity index (χ4v) is 2.23. The van der Waals surface area contributed by atoms with E-state index in [0.717, 1.165) is 0 Å². The quantitative estimate of drug-likeness (QED) is 0.732. The summed E-state index contributed by atoms with van der Waals surface area (Å²) in [5.74, 6) is -2.07. The number of nitrogens with zero attached hydrogens (tertiary/aromatic N) is 2. The second-order valence-electron chi connectivity index (χ2n) is 5.83. The predicted octanol–water partition coefficient (Wildman–Crippen LogP) is 1.72. The molecule has 0 spiro atoms. The zero-order valence-electron chi connectivity index (χ0n) is 13.6. The van der Waals surface area contributed by atoms with Gasteiger partial charge in [-0.05, 0) is 32.0 Å². The number of hydrogen-bond donors (Lipinski definition) is 3. The van der Waals surface area contributed by atoms with Crippen LogP contribution < -0.4 is 11.1 Å². The van der Waals surface area contributed by atoms with Gasteiger partial charge in [0.05, 0.1) is 24.1 Å². The van der Waals surface area contributed by atoms with Crippen LogP contribution in [-0.4, -0.2) is 45.8 Å². The number of carbonyl (C=O) groups excluding carboxylic acids is 2. The third-order valence-electron chi connectivity index (χ3n) is 3.47. The van der Waals surface area contributed by atoms with Crippen molar-refractivity contribution in [2.75, 3.05) is 18.4 Å². The molecule has 2 rings (SSSR count). The monoisotopic (exact) mass is 357 g/mol. The molecule has 1 heterocycles. The van der Waals surface area contributed by atoms with Gasteiger partial charge in [-0.1, -0.05) is 0 Å². The predicted molar refractivity (Wildman–Crippen MR) is 85.6 cm³/mol. The Morgan fingerprint density at radius 2 is 2.00 bits per heavy atom. The minimum Gasteiger partial charge on any atom is -0.369 e. The minimum absolute atomic E-state index is 0.0698. The lowest BCUT2D eigenvalue weighted by atomic mass is 10.2. The summed E-state index contributed by atoms with van der Waals surface area (Å²) >= 11 is 0. The summed E-state index contributed by atoms with van der Waals surface area (Å²) in [6, 6.07) is 4.11. The number of aromatic amines is 1. The van der Waals surface area contributed by atoms with E-state index in [4.69, 9.17) is 5.73 Å². The normalized spacial score (nSPS) is 12.1. The third-order valence-corrected chi connectivity index (χ3v) is 3.47. The first-order valence-corrected chi connectivity index (χ1v) is 7.45. The number of alkyl halides is 3. The Labute approximate surface area is 141 Å². The van der Waals surface area contributed by atoms with Gasteiger partial charge in [0.25, 0.3) is 0 Å². The standard InChI is InChI=1S/C15H18F3N5O2/c1-8(2)23(6-12(19)24)7-13(25)20-9-3-4-10-11(5-9)22-14(21-10)15(16,17)18/h3-5,8H,6-7H2,1-2H3,(H2,19,24)(H,20,25)(H,21,22). The number of rotatable bonds is 6. The summed E-state index contributed by atoms with van der Waals surface area (Å²) in [5, 5.41) is 2.58. The first-order valence-electron chi connectivity index (χ1n) is 7.45. The number of benzene rings is 1. The molecule has 2 amide bonds. The zero-order valence-corrected chi connectivity index (χ0v) is 13.6. The molecule has 0 radical (unpaired) electrons. The van der Waals surface area contributed by atoms with Crippen LogP contribution in [0.25, 0.3) is 11.0 Å². The summed E-state index contributed by atoms with van der Waals surface area (Å²) < 4.78 is 38.0. The van der Waals surface area contributed by atoms with Crippen molar-refractivity contribution in [2.24, 2.45) is 5.73 Å². The fourth-order valence-electron chi connectivity index (χ4n) is 2.23. The average Bonchev–Trinajstić information content (AvgIpc) is 2.89. The molecule has 0 aliphatic heterocycles. The number of halogens is 3. The highest BCUT2D eigenvalue weighted by atomic mass is 19.4. The molecule has 7 nitrogen and oxygen atoms in total. The van der Waals surface area contributed by atoms with Crippen molar-refractivity contribution in [3.63, 3.8) is 0 Å². The second kappa shape index (κ2) is 7.09. The number of aromatic nitrogens is 2. The molecule has 1 aromatic heterocycles. The Hall–Kier alpha value is -2.62. The Morgan fingerprint density at radius 1 is 1.32 bits per heavy atom. The van der Waals surface area contributed by atoms with Crippen molar-refractivity contribution in [1.29, 1.82) is 0 Å². The van der Waals surface area contributed by atoms with Gasteiger partial charge in [0, 0.05) is 11.7 Å². The topological polar surface area (TPSA) is 104 Å². The molecule has 0 fully saturated rings. The van der Waals surface area contributed by atoms with Crippen molar-refractivity contribution < 1.29 is 22.8 Å². The lowest BCUT2D eigenvalue weighted by Gasteiger charge is -2.24. The van der Waals surface area contributed by atoms with Gasteiger partial charge in [-0.3, -0.25) is 14.5 Å². The lowest BCUT2D eigenvalue weighted by molar-refractivity contribution is -0.144. The molecular formula is C15H18F3N5O2. The fraction of sp³-hybridized carbons (Fsp3) is 0.400. The second-order valence-corrected chi connectivity index (χ2v) is 5.83. The van der Waals surface area contributed by atoms with Crippen molar-refractivity contribution in [1.82, 2.24) is 14.9 Å². The Bertz CT molecular complexity index is 785. The summed E-state index contributed by atoms with van der Waals surface area (Å²) in [4.78, 5) is 30.3. The SMILES string of the molecule is CC(C)N(CC(N)=O)CC(=O)Nc1ccc2nc(C(F)(F)F)[nH]c2c1. The van der Waals surface area contributed by atoms with E-state index in [1.165, 1.54) is 18.2 Å². The van der Waals surface area contributed by atoms with Crippen molar-refractivity contribution in [3.05, 3.63) is 24.0 Å². The summed E-state index contributed by atoms with van der Waals surface area (Å²) in [6.45, 7) is 3.48. The molecular weight excluding hydrogens is 339 g/mol. The Morgan fingerprint density at radius 3 is 2.56 bits per heavy atom. The number of H-pyrrole nitrogens is 1. The van der Waals surface area contributed by atoms with Crippen LogP contribution in [0.1, 0.15) is 19.7 Å². The van der Waals surface area contributed by atoms with Crippen LogP contribution in [-0.2, 0) is 15.8 Å². The van der Waals surface area contributed by atoms with E-state index < -0.39 is 23.8 Å². The lowest BCUT2D eigenvalue weighted by Crippen LogP contribution is -2.43. The van der Waals surface area contributed by atoms with Crippen LogP contribution in [0.3, 0.4) is 0 Å². The number of nitrogens with two attached hydrogens (primary N) is 1. The molecule has 2 aromatic rings. The molecule has 25 heavy (non-hydrogen) atoms. The summed E-state index contributed by atoms with van der Waals surface area (Å²) in [5.41, 5.74) is 5.76. The number of imidazole rings is 1. The molecule has 10 heteroatoms. The molecule has 0 bridgehead atoms. The first kappa shape index (κ1) is 18.7. The van der Waals surface area contributed by atoms with Gasteiger partial charge in [-0.25, -0.2) is 4.98 Å². The van der Waals surface area contributed by atoms with E-state index in [-0.39, 0.29) is 30.2 Å². The number of amides is 2. The van der Waals surface area contributed by atoms with Crippen molar-refractivity contribution in [2.45, 2.75) is 26.1 Å². The third kappa shape index (κ3) is 4.92. The highest BCUT2D eigenvalue weighted by Crippen LogP contribution is 2.29. The van der Waals surface area contributed by atoms with Gasteiger partial charge in [-0.2, -0.15) is 13.2 Å². The number of carbonyl (C=O) groups is 2. The minimum atomic E-state index is -4.57. The molecule has 0 atom stereocenters. The van der Waals surface area contributed by atoms with Gasteiger partial charge in [0.1, 0.15) is 0 Å². The van der Waals surface area contributed by atoms with Crippen molar-refractivity contribution in [3.8, 4) is 0 Å². The highest BCUT2D eigenvalue weighted by molar-refractivity contribution is 5.94. The summed E-state index contributed by atoms with van der Waals surface area (Å²) in [7, 11) is 0. The van der Waals surface area contributed by atoms with Gasteiger partial charge >= 0.3 is 6.18 Å². The van der Waals surface area contributed by atoms with Crippen molar-refractivity contribution >= 4 is 28.5 Å². The van der Waals surface area contributed by atoms with Crippen LogP contribution in [0.2, 0.25) is 0 Å². The molecule has 0 unspecified atom stereocenters. The van der Waals surface area contributed by atoms with E-state index in [9.17, 15) is 22.8 Å². The maximum atomic E-state index is 12.7. The molecule has 0 saturated heterocycles. The maximum Gasteiger partial charge on any atom is 0.449 e. The Balaban J connectivity index is 2.11. The van der Waals surface area contributed by atoms with E-state index in [2.05, 4.69) is 15.3 Å². The van der Waals surface area contributed by atoms with Crippen LogP contribution in [0, 0.1) is 0 Å². The molecule has 0 saturated carbocycles. The van der Waals surface area contributed by atoms with Crippen LogP contribution in [0.4, 0.5) is 18.9 Å². The Kier molecular flexibility index (Phi) is 5.31. The van der Waals surface area contributed by atoms with E-state index in [0.29, 0.717) is 5.69 Å². The molecule has 1 aromatic carbocycles. The number of nitrogens with one attached hydrogen (secondary N) is 2. The zero-order chi connectivity index (χ0) is 18.8. The smallest absolute Gasteiger partial charge is 0.369 e. The number of fused-ring (bicyclic) bond motifs is 1. The van der Waals surface area contributed by atoms with Crippen LogP contribution in [0.5, 0.6) is 0 Å². The number of hydrogen-bond acceptors (Lipinski definition) is 4. The van der Waals surface area contributed by atoms with E-state index >= 15 is 0 Å². The van der Waals surface area contributed by atoms with Gasteiger partial charge in [0.2, 0.25) is 17.6 Å². The molecule has 4 N–H and O–H groups in total. The van der Waals surface area contributed by atoms with Gasteiger partial charge in [0.15, 0.2) is 0 Å². The average molecular weight is 357 g/mol. The van der Waals surface area contributed by atoms with E-state index in [1.807, 2.05) is 13.8 Å². The summed E-state index contributed by atoms with van der Waals surface area (Å²) in [6.07, 6.45) is -4.57. The number of anilines is 1. The largest absolute Gasteiger partial charge is 0.449 e. The molecule has 0 aliphatic carbocycles. The number of primary amides is 1. The van der Waals surface area contributed by atoms with Crippen LogP contribution >= 0.6 is 0 Å².